The van der Waals surface area contributed by atoms with Crippen molar-refractivity contribution in [3.05, 3.63) is 69.8 Å². The van der Waals surface area contributed by atoms with Crippen LogP contribution in [0.25, 0.3) is 6.08 Å². The van der Waals surface area contributed by atoms with E-state index in [0.29, 0.717) is 16.3 Å². The van der Waals surface area contributed by atoms with Gasteiger partial charge in [0.05, 0.1) is 0 Å². The number of nitrogens with zero attached hydrogens (tertiary/aromatic N) is 1. The van der Waals surface area contributed by atoms with Gasteiger partial charge >= 0.3 is 0 Å². The molecule has 0 heterocycles. The number of nitriles is 1. The smallest absolute Gasteiger partial charge is 0.266 e. The number of rotatable bonds is 3. The highest BCUT2D eigenvalue weighted by molar-refractivity contribution is 6.31. The molecule has 3 nitrogen and oxygen atoms in total. The minimum Gasteiger partial charge on any atom is -0.321 e. The zero-order valence-corrected chi connectivity index (χ0v) is 12.8. The van der Waals surface area contributed by atoms with Crippen LogP contribution in [-0.2, 0) is 4.79 Å². The van der Waals surface area contributed by atoms with E-state index >= 15 is 0 Å². The molecule has 0 saturated carbocycles. The highest BCUT2D eigenvalue weighted by atomic mass is 35.5. The summed E-state index contributed by atoms with van der Waals surface area (Å²) < 4.78 is 26.8. The van der Waals surface area contributed by atoms with Crippen molar-refractivity contribution in [2.75, 3.05) is 5.32 Å². The molecule has 0 radical (unpaired) electrons. The van der Waals surface area contributed by atoms with E-state index in [0.717, 1.165) is 12.1 Å². The summed E-state index contributed by atoms with van der Waals surface area (Å²) in [7, 11) is 0. The molecular weight excluding hydrogens is 322 g/mol. The largest absolute Gasteiger partial charge is 0.321 e. The molecule has 2 aromatic rings. The van der Waals surface area contributed by atoms with E-state index in [1.165, 1.54) is 12.1 Å². The van der Waals surface area contributed by atoms with Gasteiger partial charge in [0.25, 0.3) is 5.91 Å². The summed E-state index contributed by atoms with van der Waals surface area (Å²) in [5, 5.41) is 12.1. The number of carbonyl (C=O) groups excluding carboxylic acids is 1. The predicted octanol–water partition coefficient (Wildman–Crippen LogP) is 4.47. The van der Waals surface area contributed by atoms with Gasteiger partial charge in [-0.1, -0.05) is 29.8 Å². The third-order valence-corrected chi connectivity index (χ3v) is 3.57. The Hall–Kier alpha value is -2.71. The molecule has 1 amide bonds. The normalized spacial score (nSPS) is 11.0. The van der Waals surface area contributed by atoms with E-state index < -0.39 is 17.5 Å². The fourth-order valence-corrected chi connectivity index (χ4v) is 2.04. The highest BCUT2D eigenvalue weighted by Crippen LogP contribution is 2.23. The van der Waals surface area contributed by atoms with Gasteiger partial charge in [0.2, 0.25) is 0 Å². The molecule has 0 aliphatic carbocycles. The van der Waals surface area contributed by atoms with Gasteiger partial charge in [0.15, 0.2) is 11.6 Å². The van der Waals surface area contributed by atoms with Crippen LogP contribution in [0, 0.1) is 29.9 Å². The molecule has 0 bridgehead atoms. The average molecular weight is 333 g/mol. The number of carbonyl (C=O) groups is 1. The topological polar surface area (TPSA) is 52.9 Å². The molecule has 0 saturated heterocycles. The Morgan fingerprint density at radius 2 is 1.96 bits per heavy atom. The van der Waals surface area contributed by atoms with Crippen LogP contribution >= 0.6 is 11.6 Å². The Labute approximate surface area is 136 Å². The Morgan fingerprint density at radius 1 is 1.26 bits per heavy atom. The first-order valence-corrected chi connectivity index (χ1v) is 6.94. The molecule has 1 N–H and O–H groups in total. The molecular formula is C17H11ClF2N2O. The number of halogens is 3. The van der Waals surface area contributed by atoms with Crippen molar-refractivity contribution in [1.29, 1.82) is 5.26 Å². The molecule has 0 atom stereocenters. The van der Waals surface area contributed by atoms with Crippen LogP contribution in [0.3, 0.4) is 0 Å². The lowest BCUT2D eigenvalue weighted by Gasteiger charge is -2.09. The summed E-state index contributed by atoms with van der Waals surface area (Å²) in [6, 6.07) is 10.1. The van der Waals surface area contributed by atoms with Crippen molar-refractivity contribution in [3.8, 4) is 6.07 Å². The van der Waals surface area contributed by atoms with Gasteiger partial charge in [-0.3, -0.25) is 4.79 Å². The maximum absolute atomic E-state index is 13.6. The van der Waals surface area contributed by atoms with Crippen molar-refractivity contribution in [2.45, 2.75) is 6.92 Å². The lowest BCUT2D eigenvalue weighted by molar-refractivity contribution is -0.112. The second-order valence-corrected chi connectivity index (χ2v) is 5.09. The Kier molecular flexibility index (Phi) is 5.09. The van der Waals surface area contributed by atoms with E-state index in [4.69, 9.17) is 16.9 Å². The molecule has 2 aromatic carbocycles. The SMILES string of the molecule is Cc1c(Cl)cccc1NC(=O)C(C#N)=Cc1cccc(F)c1F. The molecule has 2 rings (SSSR count). The van der Waals surface area contributed by atoms with Crippen molar-refractivity contribution < 1.29 is 13.6 Å². The Morgan fingerprint density at radius 3 is 2.65 bits per heavy atom. The maximum Gasteiger partial charge on any atom is 0.266 e. The van der Waals surface area contributed by atoms with Crippen LogP contribution in [0.2, 0.25) is 5.02 Å². The van der Waals surface area contributed by atoms with E-state index in [2.05, 4.69) is 5.32 Å². The van der Waals surface area contributed by atoms with Crippen LogP contribution in [0.4, 0.5) is 14.5 Å². The van der Waals surface area contributed by atoms with Crippen molar-refractivity contribution in [2.24, 2.45) is 0 Å². The van der Waals surface area contributed by atoms with Crippen molar-refractivity contribution >= 4 is 29.3 Å². The van der Waals surface area contributed by atoms with E-state index in [9.17, 15) is 13.6 Å². The van der Waals surface area contributed by atoms with Gasteiger partial charge in [-0.15, -0.1) is 0 Å². The minimum atomic E-state index is -1.12. The quantitative estimate of drug-likeness (QED) is 0.666. The Balaban J connectivity index is 2.32. The summed E-state index contributed by atoms with van der Waals surface area (Å²) >= 11 is 5.96. The summed E-state index contributed by atoms with van der Waals surface area (Å²) in [6.07, 6.45) is 0.994. The van der Waals surface area contributed by atoms with E-state index in [-0.39, 0.29) is 11.1 Å². The molecule has 0 fully saturated rings. The van der Waals surface area contributed by atoms with E-state index in [1.54, 1.807) is 31.2 Å². The molecule has 0 aliphatic heterocycles. The summed E-state index contributed by atoms with van der Waals surface area (Å²) in [6.45, 7) is 1.71. The summed E-state index contributed by atoms with van der Waals surface area (Å²) in [5.74, 6) is -2.91. The second kappa shape index (κ2) is 7.03. The third-order valence-electron chi connectivity index (χ3n) is 3.16. The van der Waals surface area contributed by atoms with Crippen LogP contribution in [0.5, 0.6) is 0 Å². The zero-order chi connectivity index (χ0) is 17.0. The minimum absolute atomic E-state index is 0.181. The number of nitrogens with one attached hydrogen (secondary N) is 1. The fourth-order valence-electron chi connectivity index (χ4n) is 1.87. The Bertz CT molecular complexity index is 841. The van der Waals surface area contributed by atoms with Gasteiger partial charge in [-0.2, -0.15) is 5.26 Å². The van der Waals surface area contributed by atoms with Crippen LogP contribution in [-0.4, -0.2) is 5.91 Å². The van der Waals surface area contributed by atoms with Crippen molar-refractivity contribution in [1.82, 2.24) is 0 Å². The maximum atomic E-state index is 13.6. The first-order valence-electron chi connectivity index (χ1n) is 6.56. The average Bonchev–Trinajstić information content (AvgIpc) is 2.53. The molecule has 0 unspecified atom stereocenters. The van der Waals surface area contributed by atoms with Gasteiger partial charge in [-0.25, -0.2) is 8.78 Å². The predicted molar refractivity (Wildman–Crippen MR) is 84.8 cm³/mol. The first-order chi connectivity index (χ1) is 10.9. The lowest BCUT2D eigenvalue weighted by atomic mass is 10.1. The molecule has 23 heavy (non-hydrogen) atoms. The standard InChI is InChI=1S/C17H11ClF2N2O/c1-10-13(18)5-3-7-15(10)22-17(23)12(9-21)8-11-4-2-6-14(19)16(11)20/h2-8H,1H3,(H,22,23). The van der Waals surface area contributed by atoms with Crippen LogP contribution in [0.1, 0.15) is 11.1 Å². The van der Waals surface area contributed by atoms with Gasteiger partial charge < -0.3 is 5.32 Å². The molecule has 116 valence electrons. The molecule has 6 heteroatoms. The van der Waals surface area contributed by atoms with Gasteiger partial charge in [0, 0.05) is 16.3 Å². The third kappa shape index (κ3) is 3.74. The number of hydrogen-bond donors (Lipinski definition) is 1. The highest BCUT2D eigenvalue weighted by Gasteiger charge is 2.14. The monoisotopic (exact) mass is 332 g/mol. The summed E-state index contributed by atoms with van der Waals surface area (Å²) in [4.78, 5) is 12.1. The second-order valence-electron chi connectivity index (χ2n) is 4.68. The van der Waals surface area contributed by atoms with Gasteiger partial charge in [-0.05, 0) is 36.8 Å². The molecule has 0 spiro atoms. The van der Waals surface area contributed by atoms with E-state index in [1.807, 2.05) is 0 Å². The fraction of sp³-hybridized carbons (Fsp3) is 0.0588. The van der Waals surface area contributed by atoms with Crippen LogP contribution < -0.4 is 5.32 Å². The lowest BCUT2D eigenvalue weighted by Crippen LogP contribution is -2.14. The summed E-state index contributed by atoms with van der Waals surface area (Å²) in [5.41, 5.74) is 0.536. The molecule has 0 aromatic heterocycles. The van der Waals surface area contributed by atoms with Crippen LogP contribution in [0.15, 0.2) is 42.0 Å². The molecule has 0 aliphatic rings. The number of anilines is 1. The number of benzene rings is 2. The number of hydrogen-bond acceptors (Lipinski definition) is 2. The number of amides is 1. The first kappa shape index (κ1) is 16.7. The van der Waals surface area contributed by atoms with Crippen molar-refractivity contribution in [3.63, 3.8) is 0 Å². The zero-order valence-electron chi connectivity index (χ0n) is 12.0. The van der Waals surface area contributed by atoms with Gasteiger partial charge in [0.1, 0.15) is 11.6 Å².